The molecule has 0 saturated carbocycles. The Kier molecular flexibility index (Phi) is 4.22. The van der Waals surface area contributed by atoms with Crippen LogP contribution in [0.4, 0.5) is 13.2 Å². The van der Waals surface area contributed by atoms with Crippen molar-refractivity contribution in [1.29, 1.82) is 0 Å². The first-order chi connectivity index (χ1) is 9.66. The summed E-state index contributed by atoms with van der Waals surface area (Å²) in [7, 11) is 0. The number of alkyl halides is 3. The predicted molar refractivity (Wildman–Crippen MR) is 69.6 cm³/mol. The van der Waals surface area contributed by atoms with Crippen molar-refractivity contribution in [1.82, 2.24) is 20.1 Å². The molecule has 0 atom stereocenters. The molecule has 0 bridgehead atoms. The number of halogens is 3. The van der Waals surface area contributed by atoms with Crippen molar-refractivity contribution in [3.63, 3.8) is 0 Å². The largest absolute Gasteiger partial charge is 0.433 e. The number of thioether (sulfide) groups is 1. The van der Waals surface area contributed by atoms with E-state index in [1.165, 1.54) is 0 Å². The summed E-state index contributed by atoms with van der Waals surface area (Å²) in [4.78, 5) is 11.4. The van der Waals surface area contributed by atoms with E-state index >= 15 is 0 Å². The molecule has 0 saturated heterocycles. The Morgan fingerprint density at radius 3 is 2.48 bits per heavy atom. The van der Waals surface area contributed by atoms with Crippen molar-refractivity contribution in [2.45, 2.75) is 43.3 Å². The summed E-state index contributed by atoms with van der Waals surface area (Å²) in [6, 6.07) is 0.829. The van der Waals surface area contributed by atoms with Crippen molar-refractivity contribution < 1.29 is 17.7 Å². The highest BCUT2D eigenvalue weighted by Gasteiger charge is 2.32. The zero-order valence-electron chi connectivity index (χ0n) is 11.6. The fourth-order valence-electron chi connectivity index (χ4n) is 1.31. The molecule has 0 unspecified atom stereocenters. The van der Waals surface area contributed by atoms with E-state index in [4.69, 9.17) is 4.52 Å². The topological polar surface area (TPSA) is 64.7 Å². The molecular formula is C12H13F3N4OS. The molecule has 21 heavy (non-hydrogen) atoms. The maximum Gasteiger partial charge on any atom is 0.433 e. The molecule has 0 aromatic carbocycles. The van der Waals surface area contributed by atoms with Crippen LogP contribution in [-0.4, -0.2) is 20.1 Å². The molecule has 0 fully saturated rings. The van der Waals surface area contributed by atoms with Gasteiger partial charge in [-0.3, -0.25) is 0 Å². The van der Waals surface area contributed by atoms with Gasteiger partial charge in [0, 0.05) is 11.6 Å². The Morgan fingerprint density at radius 1 is 1.19 bits per heavy atom. The van der Waals surface area contributed by atoms with Crippen LogP contribution in [0.5, 0.6) is 0 Å². The Morgan fingerprint density at radius 2 is 1.90 bits per heavy atom. The third-order valence-corrected chi connectivity index (χ3v) is 3.22. The van der Waals surface area contributed by atoms with E-state index in [0.717, 1.165) is 24.0 Å². The van der Waals surface area contributed by atoms with Crippen molar-refractivity contribution in [3.8, 4) is 0 Å². The molecule has 2 heterocycles. The highest BCUT2D eigenvalue weighted by Crippen LogP contribution is 2.29. The zero-order chi connectivity index (χ0) is 15.7. The Balaban J connectivity index is 2.05. The molecule has 2 aromatic rings. The number of aromatic nitrogens is 4. The standard InChI is InChI=1S/C12H13F3N4OS/c1-11(2,3)9-18-8(19-20-9)6-21-10-16-5-4-7(17-10)12(13,14)15/h4-5H,6H2,1-3H3. The fourth-order valence-corrected chi connectivity index (χ4v) is 1.99. The number of rotatable bonds is 3. The van der Waals surface area contributed by atoms with Crippen LogP contribution in [0.1, 0.15) is 38.2 Å². The first-order valence-corrected chi connectivity index (χ1v) is 7.01. The summed E-state index contributed by atoms with van der Waals surface area (Å²) in [6.07, 6.45) is -3.40. The minimum Gasteiger partial charge on any atom is -0.339 e. The normalized spacial score (nSPS) is 12.7. The van der Waals surface area contributed by atoms with Crippen LogP contribution in [0, 0.1) is 0 Å². The SMILES string of the molecule is CC(C)(C)c1nc(CSc2nccc(C(F)(F)F)n2)no1. The predicted octanol–water partition coefficient (Wildman–Crippen LogP) is 3.47. The first kappa shape index (κ1) is 15.7. The molecule has 0 aliphatic heterocycles. The van der Waals surface area contributed by atoms with E-state index < -0.39 is 11.9 Å². The van der Waals surface area contributed by atoms with Gasteiger partial charge in [0.25, 0.3) is 0 Å². The van der Waals surface area contributed by atoms with Crippen molar-refractivity contribution in [2.24, 2.45) is 0 Å². The van der Waals surface area contributed by atoms with Gasteiger partial charge in [0.05, 0.1) is 5.75 Å². The van der Waals surface area contributed by atoms with Gasteiger partial charge in [0.1, 0.15) is 5.69 Å². The summed E-state index contributed by atoms with van der Waals surface area (Å²) in [5.74, 6) is 1.11. The molecule has 0 aliphatic rings. The lowest BCUT2D eigenvalue weighted by atomic mass is 9.97. The lowest BCUT2D eigenvalue weighted by Crippen LogP contribution is -2.11. The summed E-state index contributed by atoms with van der Waals surface area (Å²) in [6.45, 7) is 5.77. The quantitative estimate of drug-likeness (QED) is 0.638. The van der Waals surface area contributed by atoms with Crippen LogP contribution < -0.4 is 0 Å². The second-order valence-electron chi connectivity index (χ2n) is 5.28. The maximum atomic E-state index is 12.5. The Labute approximate surface area is 123 Å². The molecule has 0 N–H and O–H groups in total. The minimum absolute atomic E-state index is 0.0203. The average Bonchev–Trinajstić information content (AvgIpc) is 2.84. The lowest BCUT2D eigenvalue weighted by molar-refractivity contribution is -0.141. The third-order valence-electron chi connectivity index (χ3n) is 2.36. The van der Waals surface area contributed by atoms with Gasteiger partial charge < -0.3 is 4.52 Å². The van der Waals surface area contributed by atoms with Crippen LogP contribution in [0.25, 0.3) is 0 Å². The molecule has 2 rings (SSSR count). The molecule has 0 radical (unpaired) electrons. The molecule has 0 aliphatic carbocycles. The van der Waals surface area contributed by atoms with Crippen LogP contribution in [0.15, 0.2) is 21.9 Å². The highest BCUT2D eigenvalue weighted by molar-refractivity contribution is 7.98. The second kappa shape index (κ2) is 5.63. The first-order valence-electron chi connectivity index (χ1n) is 6.02. The van der Waals surface area contributed by atoms with Crippen LogP contribution in [0.3, 0.4) is 0 Å². The Hall–Kier alpha value is -1.64. The van der Waals surface area contributed by atoms with Crippen molar-refractivity contribution in [3.05, 3.63) is 29.7 Å². The number of nitrogens with zero attached hydrogens (tertiary/aromatic N) is 4. The van der Waals surface area contributed by atoms with Gasteiger partial charge in [-0.2, -0.15) is 18.2 Å². The van der Waals surface area contributed by atoms with Crippen LogP contribution >= 0.6 is 11.8 Å². The molecule has 0 amide bonds. The monoisotopic (exact) mass is 318 g/mol. The van der Waals surface area contributed by atoms with E-state index in [1.807, 2.05) is 20.8 Å². The molecule has 0 spiro atoms. The number of hydrogen-bond donors (Lipinski definition) is 0. The third kappa shape index (κ3) is 4.16. The molecule has 2 aromatic heterocycles. The summed E-state index contributed by atoms with van der Waals surface area (Å²) in [5, 5.41) is 3.80. The van der Waals surface area contributed by atoms with Crippen LogP contribution in [-0.2, 0) is 17.3 Å². The van der Waals surface area contributed by atoms with Gasteiger partial charge in [-0.05, 0) is 6.07 Å². The van der Waals surface area contributed by atoms with Crippen molar-refractivity contribution >= 4 is 11.8 Å². The second-order valence-corrected chi connectivity index (χ2v) is 6.22. The van der Waals surface area contributed by atoms with E-state index in [2.05, 4.69) is 20.1 Å². The summed E-state index contributed by atoms with van der Waals surface area (Å²) >= 11 is 1.02. The van der Waals surface area contributed by atoms with E-state index in [-0.39, 0.29) is 16.3 Å². The van der Waals surface area contributed by atoms with E-state index in [1.54, 1.807) is 0 Å². The van der Waals surface area contributed by atoms with Gasteiger partial charge in [-0.25, -0.2) is 9.97 Å². The van der Waals surface area contributed by atoms with Gasteiger partial charge in [-0.1, -0.05) is 37.7 Å². The van der Waals surface area contributed by atoms with E-state index in [0.29, 0.717) is 11.7 Å². The van der Waals surface area contributed by atoms with Crippen molar-refractivity contribution in [2.75, 3.05) is 0 Å². The van der Waals surface area contributed by atoms with Crippen LogP contribution in [0.2, 0.25) is 0 Å². The summed E-state index contributed by atoms with van der Waals surface area (Å²) < 4.78 is 42.7. The Bertz CT molecular complexity index is 621. The van der Waals surface area contributed by atoms with Gasteiger partial charge in [0.2, 0.25) is 5.89 Å². The zero-order valence-corrected chi connectivity index (χ0v) is 12.4. The minimum atomic E-state index is -4.48. The van der Waals surface area contributed by atoms with Gasteiger partial charge >= 0.3 is 6.18 Å². The fraction of sp³-hybridized carbons (Fsp3) is 0.500. The lowest BCUT2D eigenvalue weighted by Gasteiger charge is -2.10. The average molecular weight is 318 g/mol. The molecule has 9 heteroatoms. The smallest absolute Gasteiger partial charge is 0.339 e. The molecule has 5 nitrogen and oxygen atoms in total. The van der Waals surface area contributed by atoms with Gasteiger partial charge in [0.15, 0.2) is 11.0 Å². The molecule has 114 valence electrons. The molecular weight excluding hydrogens is 305 g/mol. The highest BCUT2D eigenvalue weighted by atomic mass is 32.2. The van der Waals surface area contributed by atoms with E-state index in [9.17, 15) is 13.2 Å². The maximum absolute atomic E-state index is 12.5. The summed E-state index contributed by atoms with van der Waals surface area (Å²) in [5.41, 5.74) is -1.24. The van der Waals surface area contributed by atoms with Gasteiger partial charge in [-0.15, -0.1) is 0 Å². The number of hydrogen-bond acceptors (Lipinski definition) is 6.